The Morgan fingerprint density at radius 1 is 1.33 bits per heavy atom. The number of nitrogens with one attached hydrogen (secondary N) is 1. The summed E-state index contributed by atoms with van der Waals surface area (Å²) in [4.78, 5) is 2.61. The largest absolute Gasteiger partial charge is 0.318 e. The first-order valence-corrected chi connectivity index (χ1v) is 5.27. The van der Waals surface area contributed by atoms with Crippen molar-refractivity contribution in [3.05, 3.63) is 0 Å². The molecule has 0 aromatic carbocycles. The van der Waals surface area contributed by atoms with E-state index in [1.54, 1.807) is 0 Å². The maximum Gasteiger partial charge on any atom is 0.0110 e. The molecule has 2 heteroatoms. The minimum absolute atomic E-state index is 0.892. The molecule has 0 aromatic heterocycles. The molecule has 1 saturated carbocycles. The van der Waals surface area contributed by atoms with Crippen molar-refractivity contribution in [2.45, 2.75) is 38.6 Å². The quantitative estimate of drug-likeness (QED) is 0.672. The zero-order valence-electron chi connectivity index (χ0n) is 8.47. The van der Waals surface area contributed by atoms with E-state index in [4.69, 9.17) is 0 Å². The molecule has 0 saturated heterocycles. The Labute approximate surface area is 76.3 Å². The molecule has 0 heterocycles. The van der Waals surface area contributed by atoms with Crippen molar-refractivity contribution in [2.75, 3.05) is 26.7 Å². The van der Waals surface area contributed by atoms with Gasteiger partial charge in [0.2, 0.25) is 0 Å². The van der Waals surface area contributed by atoms with Crippen molar-refractivity contribution in [1.82, 2.24) is 10.2 Å². The second-order valence-corrected chi connectivity index (χ2v) is 3.67. The summed E-state index contributed by atoms with van der Waals surface area (Å²) in [5.41, 5.74) is 0. The molecule has 0 aromatic rings. The predicted octanol–water partition coefficient (Wildman–Crippen LogP) is 1.47. The van der Waals surface area contributed by atoms with Crippen LogP contribution in [0.5, 0.6) is 0 Å². The van der Waals surface area contributed by atoms with E-state index in [9.17, 15) is 0 Å². The van der Waals surface area contributed by atoms with Crippen LogP contribution in [-0.2, 0) is 0 Å². The fraction of sp³-hybridized carbons (Fsp3) is 1.00. The zero-order chi connectivity index (χ0) is 8.81. The standard InChI is InChI=1S/C10H22N2/c1-3-12(9-8-11-2)10-6-4-5-7-10/h10-11H,3-9H2,1-2H3. The maximum absolute atomic E-state index is 3.21. The highest BCUT2D eigenvalue weighted by Gasteiger charge is 2.20. The van der Waals surface area contributed by atoms with Gasteiger partial charge in [-0.05, 0) is 26.4 Å². The van der Waals surface area contributed by atoms with E-state index in [2.05, 4.69) is 17.1 Å². The predicted molar refractivity (Wildman–Crippen MR) is 53.4 cm³/mol. The van der Waals surface area contributed by atoms with Crippen LogP contribution < -0.4 is 5.32 Å². The topological polar surface area (TPSA) is 15.3 Å². The minimum atomic E-state index is 0.892. The second-order valence-electron chi connectivity index (χ2n) is 3.67. The Hall–Kier alpha value is -0.0800. The summed E-state index contributed by atoms with van der Waals surface area (Å²) in [5.74, 6) is 0. The van der Waals surface area contributed by atoms with Crippen LogP contribution in [0.25, 0.3) is 0 Å². The lowest BCUT2D eigenvalue weighted by atomic mass is 10.2. The van der Waals surface area contributed by atoms with E-state index in [1.807, 2.05) is 7.05 Å². The van der Waals surface area contributed by atoms with E-state index in [-0.39, 0.29) is 0 Å². The van der Waals surface area contributed by atoms with Crippen LogP contribution in [0.1, 0.15) is 32.6 Å². The summed E-state index contributed by atoms with van der Waals surface area (Å²) in [7, 11) is 2.03. The zero-order valence-corrected chi connectivity index (χ0v) is 8.47. The van der Waals surface area contributed by atoms with Gasteiger partial charge in [-0.2, -0.15) is 0 Å². The van der Waals surface area contributed by atoms with E-state index in [0.717, 1.165) is 12.6 Å². The molecule has 0 bridgehead atoms. The van der Waals surface area contributed by atoms with Crippen LogP contribution in [0.2, 0.25) is 0 Å². The number of likely N-dealkylation sites (N-methyl/N-ethyl adjacent to an activating group) is 2. The Morgan fingerprint density at radius 2 is 2.00 bits per heavy atom. The average Bonchev–Trinajstić information content (AvgIpc) is 2.59. The molecule has 0 radical (unpaired) electrons. The SMILES string of the molecule is CCN(CCNC)C1CCCC1. The average molecular weight is 170 g/mol. The normalized spacial score (nSPS) is 19.2. The fourth-order valence-electron chi connectivity index (χ4n) is 2.12. The highest BCUT2D eigenvalue weighted by Crippen LogP contribution is 2.22. The molecular weight excluding hydrogens is 148 g/mol. The molecule has 2 nitrogen and oxygen atoms in total. The van der Waals surface area contributed by atoms with Crippen molar-refractivity contribution in [1.29, 1.82) is 0 Å². The van der Waals surface area contributed by atoms with Gasteiger partial charge < -0.3 is 5.32 Å². The Balaban J connectivity index is 2.22. The summed E-state index contributed by atoms with van der Waals surface area (Å²) in [5, 5.41) is 3.21. The van der Waals surface area contributed by atoms with Crippen molar-refractivity contribution in [3.8, 4) is 0 Å². The molecule has 1 fully saturated rings. The summed E-state index contributed by atoms with van der Waals surface area (Å²) >= 11 is 0. The molecule has 0 atom stereocenters. The molecule has 1 aliphatic carbocycles. The van der Waals surface area contributed by atoms with E-state index in [0.29, 0.717) is 0 Å². The molecule has 0 amide bonds. The number of hydrogen-bond donors (Lipinski definition) is 1. The van der Waals surface area contributed by atoms with Crippen LogP contribution in [0.15, 0.2) is 0 Å². The molecule has 12 heavy (non-hydrogen) atoms. The van der Waals surface area contributed by atoms with Gasteiger partial charge in [-0.25, -0.2) is 0 Å². The Kier molecular flexibility index (Phi) is 4.62. The third kappa shape index (κ3) is 2.76. The van der Waals surface area contributed by atoms with Crippen molar-refractivity contribution >= 4 is 0 Å². The van der Waals surface area contributed by atoms with Gasteiger partial charge in [0.05, 0.1) is 0 Å². The Bertz CT molecular complexity index is 108. The Morgan fingerprint density at radius 3 is 2.50 bits per heavy atom. The van der Waals surface area contributed by atoms with Crippen LogP contribution in [0, 0.1) is 0 Å². The third-order valence-electron chi connectivity index (χ3n) is 2.90. The van der Waals surface area contributed by atoms with Crippen LogP contribution in [0.3, 0.4) is 0 Å². The van der Waals surface area contributed by atoms with Gasteiger partial charge >= 0.3 is 0 Å². The van der Waals surface area contributed by atoms with Gasteiger partial charge in [0, 0.05) is 19.1 Å². The molecule has 0 spiro atoms. The van der Waals surface area contributed by atoms with E-state index < -0.39 is 0 Å². The van der Waals surface area contributed by atoms with E-state index >= 15 is 0 Å². The summed E-state index contributed by atoms with van der Waals surface area (Å²) < 4.78 is 0. The van der Waals surface area contributed by atoms with Gasteiger partial charge in [0.25, 0.3) is 0 Å². The first-order valence-electron chi connectivity index (χ1n) is 5.27. The van der Waals surface area contributed by atoms with Gasteiger partial charge in [-0.15, -0.1) is 0 Å². The highest BCUT2D eigenvalue weighted by atomic mass is 15.2. The van der Waals surface area contributed by atoms with Crippen molar-refractivity contribution < 1.29 is 0 Å². The third-order valence-corrected chi connectivity index (χ3v) is 2.90. The maximum atomic E-state index is 3.21. The number of nitrogens with zero attached hydrogens (tertiary/aromatic N) is 1. The highest BCUT2D eigenvalue weighted by molar-refractivity contribution is 4.76. The minimum Gasteiger partial charge on any atom is -0.318 e. The van der Waals surface area contributed by atoms with Gasteiger partial charge in [-0.3, -0.25) is 4.90 Å². The molecule has 1 aliphatic rings. The first-order chi connectivity index (χ1) is 5.88. The summed E-state index contributed by atoms with van der Waals surface area (Å²) in [6.07, 6.45) is 5.75. The monoisotopic (exact) mass is 170 g/mol. The smallest absolute Gasteiger partial charge is 0.0110 e. The van der Waals surface area contributed by atoms with Crippen molar-refractivity contribution in [2.24, 2.45) is 0 Å². The van der Waals surface area contributed by atoms with Crippen LogP contribution in [-0.4, -0.2) is 37.6 Å². The van der Waals surface area contributed by atoms with E-state index in [1.165, 1.54) is 38.8 Å². The van der Waals surface area contributed by atoms with Crippen LogP contribution >= 0.6 is 0 Å². The van der Waals surface area contributed by atoms with Crippen molar-refractivity contribution in [3.63, 3.8) is 0 Å². The molecule has 0 aliphatic heterocycles. The number of rotatable bonds is 5. The fourth-order valence-corrected chi connectivity index (χ4v) is 2.12. The van der Waals surface area contributed by atoms with Gasteiger partial charge in [0.1, 0.15) is 0 Å². The molecule has 0 unspecified atom stereocenters. The molecule has 1 rings (SSSR count). The lowest BCUT2D eigenvalue weighted by molar-refractivity contribution is 0.211. The summed E-state index contributed by atoms with van der Waals surface area (Å²) in [6, 6.07) is 0.892. The molecular formula is C10H22N2. The van der Waals surface area contributed by atoms with Gasteiger partial charge in [-0.1, -0.05) is 19.8 Å². The number of hydrogen-bond acceptors (Lipinski definition) is 2. The molecule has 72 valence electrons. The second kappa shape index (κ2) is 5.55. The molecule has 1 N–H and O–H groups in total. The summed E-state index contributed by atoms with van der Waals surface area (Å²) in [6.45, 7) is 5.84. The van der Waals surface area contributed by atoms with Crippen LogP contribution in [0.4, 0.5) is 0 Å². The first kappa shape index (κ1) is 10.0. The lowest BCUT2D eigenvalue weighted by Crippen LogP contribution is -2.37. The lowest BCUT2D eigenvalue weighted by Gasteiger charge is -2.27. The van der Waals surface area contributed by atoms with Gasteiger partial charge in [0.15, 0.2) is 0 Å².